The number of rotatable bonds is 6. The molecular weight excluding hydrogens is 462 g/mol. The van der Waals surface area contributed by atoms with Crippen LogP contribution in [0, 0.1) is 0 Å². The summed E-state index contributed by atoms with van der Waals surface area (Å²) in [5.41, 5.74) is 2.25. The molecule has 0 amide bonds. The van der Waals surface area contributed by atoms with Crippen molar-refractivity contribution >= 4 is 48.0 Å². The number of piperidine rings is 1. The highest BCUT2D eigenvalue weighted by Gasteiger charge is 2.19. The van der Waals surface area contributed by atoms with Crippen LogP contribution in [0.5, 0.6) is 0 Å². The highest BCUT2D eigenvalue weighted by atomic mass is 35.5. The maximum Gasteiger partial charge on any atom is 0.135 e. The van der Waals surface area contributed by atoms with E-state index >= 15 is 0 Å². The van der Waals surface area contributed by atoms with Crippen LogP contribution in [-0.4, -0.2) is 24.0 Å². The summed E-state index contributed by atoms with van der Waals surface area (Å²) in [6, 6.07) is 20.7. The molecule has 0 spiro atoms. The monoisotopic (exact) mass is 486 g/mol. The quantitative estimate of drug-likeness (QED) is 0.412. The fourth-order valence-corrected chi connectivity index (χ4v) is 4.19. The molecule has 3 aromatic rings. The summed E-state index contributed by atoms with van der Waals surface area (Å²) in [7, 11) is 0. The van der Waals surface area contributed by atoms with Gasteiger partial charge in [0.1, 0.15) is 11.5 Å². The van der Waals surface area contributed by atoms with Crippen LogP contribution in [0.1, 0.15) is 24.2 Å². The Hall–Kier alpha value is -1.20. The molecule has 2 heterocycles. The summed E-state index contributed by atoms with van der Waals surface area (Å²) < 4.78 is 5.98. The zero-order chi connectivity index (χ0) is 19.3. The Kier molecular flexibility index (Phi) is 10.0. The molecule has 1 fully saturated rings. The number of furan rings is 1. The molecule has 7 heteroatoms. The fourth-order valence-electron chi connectivity index (χ4n) is 3.69. The minimum Gasteiger partial charge on any atom is -0.460 e. The number of likely N-dealkylation sites (tertiary alicyclic amines) is 1. The molecule has 1 N–H and O–H groups in total. The van der Waals surface area contributed by atoms with E-state index in [1.807, 2.05) is 24.3 Å². The number of hydrogen-bond donors (Lipinski definition) is 1. The normalized spacial score (nSPS) is 14.7. The van der Waals surface area contributed by atoms with Crippen LogP contribution >= 0.6 is 48.0 Å². The third-order valence-electron chi connectivity index (χ3n) is 5.26. The average Bonchev–Trinajstić information content (AvgIpc) is 3.17. The van der Waals surface area contributed by atoms with Crippen molar-refractivity contribution in [2.24, 2.45) is 0 Å². The summed E-state index contributed by atoms with van der Waals surface area (Å²) in [5.74, 6) is 1.70. The van der Waals surface area contributed by atoms with E-state index in [9.17, 15) is 0 Å². The molecule has 1 aliphatic rings. The van der Waals surface area contributed by atoms with Crippen LogP contribution in [0.25, 0.3) is 11.3 Å². The van der Waals surface area contributed by atoms with Crippen LogP contribution in [0.3, 0.4) is 0 Å². The van der Waals surface area contributed by atoms with Crippen molar-refractivity contribution in [1.82, 2.24) is 10.2 Å². The second-order valence-corrected chi connectivity index (χ2v) is 8.15. The first kappa shape index (κ1) is 25.1. The number of nitrogens with zero attached hydrogens (tertiary/aromatic N) is 1. The van der Waals surface area contributed by atoms with Crippen LogP contribution in [0.15, 0.2) is 65.1 Å². The number of halogens is 4. The molecule has 3 nitrogen and oxygen atoms in total. The summed E-state index contributed by atoms with van der Waals surface area (Å²) >= 11 is 12.3. The second kappa shape index (κ2) is 12.0. The molecule has 0 unspecified atom stereocenters. The molecule has 0 aliphatic carbocycles. The number of nitrogens with one attached hydrogen (secondary N) is 1. The van der Waals surface area contributed by atoms with Gasteiger partial charge in [0.15, 0.2) is 0 Å². The molecule has 162 valence electrons. The van der Waals surface area contributed by atoms with E-state index in [-0.39, 0.29) is 24.8 Å². The van der Waals surface area contributed by atoms with Crippen molar-refractivity contribution in [2.45, 2.75) is 32.0 Å². The molecular formula is C23H26Cl4N2O. The zero-order valence-corrected chi connectivity index (χ0v) is 19.7. The van der Waals surface area contributed by atoms with Gasteiger partial charge in [0.2, 0.25) is 0 Å². The molecule has 0 bridgehead atoms. The van der Waals surface area contributed by atoms with E-state index in [0.29, 0.717) is 16.1 Å². The Morgan fingerprint density at radius 1 is 0.933 bits per heavy atom. The third kappa shape index (κ3) is 6.65. The summed E-state index contributed by atoms with van der Waals surface area (Å²) in [4.78, 5) is 2.53. The largest absolute Gasteiger partial charge is 0.460 e. The van der Waals surface area contributed by atoms with Crippen molar-refractivity contribution < 1.29 is 4.42 Å². The van der Waals surface area contributed by atoms with Crippen molar-refractivity contribution in [1.29, 1.82) is 0 Å². The van der Waals surface area contributed by atoms with Crippen LogP contribution < -0.4 is 5.32 Å². The van der Waals surface area contributed by atoms with Crippen LogP contribution in [0.2, 0.25) is 10.0 Å². The van der Waals surface area contributed by atoms with Gasteiger partial charge < -0.3 is 9.73 Å². The molecule has 30 heavy (non-hydrogen) atoms. The first-order chi connectivity index (χ1) is 13.7. The summed E-state index contributed by atoms with van der Waals surface area (Å²) in [6.45, 7) is 4.01. The summed E-state index contributed by atoms with van der Waals surface area (Å²) in [5, 5.41) is 4.87. The van der Waals surface area contributed by atoms with Gasteiger partial charge in [0.05, 0.1) is 11.6 Å². The first-order valence-corrected chi connectivity index (χ1v) is 10.5. The minimum absolute atomic E-state index is 0. The van der Waals surface area contributed by atoms with Gasteiger partial charge in [-0.3, -0.25) is 4.90 Å². The van der Waals surface area contributed by atoms with E-state index in [4.69, 9.17) is 27.6 Å². The fraction of sp³-hybridized carbons (Fsp3) is 0.304. The number of benzene rings is 2. The molecule has 4 rings (SSSR count). The van der Waals surface area contributed by atoms with Crippen molar-refractivity contribution in [3.05, 3.63) is 82.0 Å². The molecule has 0 atom stereocenters. The van der Waals surface area contributed by atoms with Crippen LogP contribution in [0.4, 0.5) is 0 Å². The SMILES string of the molecule is Cl.Cl.Clc1ccc(-c2ccc(CNC3CCN(Cc4ccccc4)CC3)o2)c(Cl)c1. The predicted molar refractivity (Wildman–Crippen MR) is 130 cm³/mol. The van der Waals surface area contributed by atoms with Crippen molar-refractivity contribution in [2.75, 3.05) is 13.1 Å². The standard InChI is InChI=1S/C23H24Cl2N2O.2ClH/c24-18-6-8-21(22(25)14-18)23-9-7-20(28-23)15-26-19-10-12-27(13-11-19)16-17-4-2-1-3-5-17;;/h1-9,14,19,26H,10-13,15-16H2;2*1H. The molecule has 1 saturated heterocycles. The van der Waals surface area contributed by atoms with Gasteiger partial charge >= 0.3 is 0 Å². The topological polar surface area (TPSA) is 28.4 Å². The van der Waals surface area contributed by atoms with Crippen LogP contribution in [-0.2, 0) is 13.1 Å². The lowest BCUT2D eigenvalue weighted by Gasteiger charge is -2.32. The molecule has 2 aromatic carbocycles. The Balaban J connectivity index is 0.00000160. The first-order valence-electron chi connectivity index (χ1n) is 9.71. The maximum absolute atomic E-state index is 6.28. The van der Waals surface area contributed by atoms with Gasteiger partial charge in [-0.25, -0.2) is 0 Å². The lowest BCUT2D eigenvalue weighted by atomic mass is 10.0. The van der Waals surface area contributed by atoms with E-state index < -0.39 is 0 Å². The number of hydrogen-bond acceptors (Lipinski definition) is 3. The average molecular weight is 488 g/mol. The molecule has 1 aliphatic heterocycles. The van der Waals surface area contributed by atoms with E-state index in [1.165, 1.54) is 5.56 Å². The smallest absolute Gasteiger partial charge is 0.135 e. The Bertz CT molecular complexity index is 909. The van der Waals surface area contributed by atoms with E-state index in [0.717, 1.165) is 56.1 Å². The van der Waals surface area contributed by atoms with Gasteiger partial charge in [-0.1, -0.05) is 53.5 Å². The second-order valence-electron chi connectivity index (χ2n) is 7.31. The van der Waals surface area contributed by atoms with Gasteiger partial charge in [0.25, 0.3) is 0 Å². The Morgan fingerprint density at radius 3 is 2.37 bits per heavy atom. The Morgan fingerprint density at radius 2 is 1.67 bits per heavy atom. The van der Waals surface area contributed by atoms with E-state index in [2.05, 4.69) is 40.5 Å². The lowest BCUT2D eigenvalue weighted by Crippen LogP contribution is -2.41. The Labute approximate surface area is 200 Å². The zero-order valence-electron chi connectivity index (χ0n) is 16.5. The molecule has 0 saturated carbocycles. The van der Waals surface area contributed by atoms with Crippen molar-refractivity contribution in [3.63, 3.8) is 0 Å². The van der Waals surface area contributed by atoms with Gasteiger partial charge in [-0.2, -0.15) is 0 Å². The van der Waals surface area contributed by atoms with Gasteiger partial charge in [-0.15, -0.1) is 24.8 Å². The van der Waals surface area contributed by atoms with Gasteiger partial charge in [-0.05, 0) is 61.8 Å². The predicted octanol–water partition coefficient (Wildman–Crippen LogP) is 6.85. The van der Waals surface area contributed by atoms with Crippen molar-refractivity contribution in [3.8, 4) is 11.3 Å². The lowest BCUT2D eigenvalue weighted by molar-refractivity contribution is 0.189. The van der Waals surface area contributed by atoms with Gasteiger partial charge in [0, 0.05) is 23.2 Å². The maximum atomic E-state index is 6.28. The minimum atomic E-state index is 0. The summed E-state index contributed by atoms with van der Waals surface area (Å²) in [6.07, 6.45) is 2.31. The highest BCUT2D eigenvalue weighted by Crippen LogP contribution is 2.31. The molecule has 1 aromatic heterocycles. The molecule has 0 radical (unpaired) electrons. The van der Waals surface area contributed by atoms with E-state index in [1.54, 1.807) is 6.07 Å². The third-order valence-corrected chi connectivity index (χ3v) is 5.81. The highest BCUT2D eigenvalue weighted by molar-refractivity contribution is 6.36.